The molecule has 0 amide bonds. The number of benzene rings is 1. The highest BCUT2D eigenvalue weighted by molar-refractivity contribution is 7.92. The van der Waals surface area contributed by atoms with Crippen molar-refractivity contribution in [2.75, 3.05) is 24.3 Å². The van der Waals surface area contributed by atoms with Crippen molar-refractivity contribution < 1.29 is 21.6 Å². The van der Waals surface area contributed by atoms with Crippen molar-refractivity contribution in [2.24, 2.45) is 0 Å². The zero-order chi connectivity index (χ0) is 15.9. The number of anilines is 1. The lowest BCUT2D eigenvalue weighted by Crippen LogP contribution is -2.46. The number of sulfonamides is 1. The molecule has 1 aliphatic heterocycles. The highest BCUT2D eigenvalue weighted by Gasteiger charge is 2.41. The predicted octanol–water partition coefficient (Wildman–Crippen LogP) is 0.133. The summed E-state index contributed by atoms with van der Waals surface area (Å²) in [6, 6.07) is 4.11. The molecule has 1 aliphatic rings. The lowest BCUT2D eigenvalue weighted by molar-refractivity contribution is 0.416. The van der Waals surface area contributed by atoms with Gasteiger partial charge in [-0.25, -0.2) is 21.6 Å². The fraction of sp³-hybridized carbons (Fsp3) is 0.500. The normalized spacial score (nSPS) is 24.9. The van der Waals surface area contributed by atoms with Gasteiger partial charge in [-0.3, -0.25) is 0 Å². The number of ether oxygens (including phenoxy) is 1. The average molecular weight is 334 g/mol. The summed E-state index contributed by atoms with van der Waals surface area (Å²) >= 11 is 0. The van der Waals surface area contributed by atoms with E-state index in [1.165, 1.54) is 25.3 Å². The summed E-state index contributed by atoms with van der Waals surface area (Å²) in [7, 11) is -5.62. The van der Waals surface area contributed by atoms with Crippen molar-refractivity contribution in [2.45, 2.75) is 23.8 Å². The average Bonchev–Trinajstić information content (AvgIpc) is 2.62. The van der Waals surface area contributed by atoms with E-state index in [1.807, 2.05) is 0 Å². The maximum Gasteiger partial charge on any atom is 0.241 e. The molecule has 0 aliphatic carbocycles. The van der Waals surface area contributed by atoms with Gasteiger partial charge in [0.25, 0.3) is 0 Å². The third kappa shape index (κ3) is 3.47. The first-order chi connectivity index (χ1) is 9.57. The summed E-state index contributed by atoms with van der Waals surface area (Å²) in [5, 5.41) is 0. The van der Waals surface area contributed by atoms with Crippen molar-refractivity contribution in [3.63, 3.8) is 0 Å². The van der Waals surface area contributed by atoms with Gasteiger partial charge in [0, 0.05) is 5.54 Å². The fourth-order valence-corrected chi connectivity index (χ4v) is 6.01. The number of sulfone groups is 1. The van der Waals surface area contributed by atoms with Crippen molar-refractivity contribution in [3.05, 3.63) is 18.2 Å². The van der Waals surface area contributed by atoms with Gasteiger partial charge in [0.15, 0.2) is 9.84 Å². The molecular formula is C12H18N2O5S2. The van der Waals surface area contributed by atoms with Gasteiger partial charge in [-0.1, -0.05) is 0 Å². The summed E-state index contributed by atoms with van der Waals surface area (Å²) in [6.07, 6.45) is 0.250. The minimum Gasteiger partial charge on any atom is -0.495 e. The van der Waals surface area contributed by atoms with Crippen molar-refractivity contribution >= 4 is 25.5 Å². The van der Waals surface area contributed by atoms with E-state index in [0.29, 0.717) is 5.75 Å². The number of nitrogens with two attached hydrogens (primary N) is 1. The van der Waals surface area contributed by atoms with Crippen LogP contribution in [0.1, 0.15) is 13.3 Å². The molecule has 9 heteroatoms. The van der Waals surface area contributed by atoms with E-state index in [2.05, 4.69) is 4.72 Å². The van der Waals surface area contributed by atoms with E-state index >= 15 is 0 Å². The summed E-state index contributed by atoms with van der Waals surface area (Å²) in [6.45, 7) is 1.59. The smallest absolute Gasteiger partial charge is 0.241 e. The topological polar surface area (TPSA) is 116 Å². The van der Waals surface area contributed by atoms with Crippen LogP contribution in [-0.4, -0.2) is 41.0 Å². The molecule has 2 rings (SSSR count). The van der Waals surface area contributed by atoms with E-state index in [9.17, 15) is 16.8 Å². The molecule has 118 valence electrons. The molecule has 1 aromatic rings. The molecule has 7 nitrogen and oxygen atoms in total. The Morgan fingerprint density at radius 1 is 1.38 bits per heavy atom. The lowest BCUT2D eigenvalue weighted by Gasteiger charge is -2.23. The van der Waals surface area contributed by atoms with E-state index in [4.69, 9.17) is 10.5 Å². The van der Waals surface area contributed by atoms with Crippen molar-refractivity contribution in [1.29, 1.82) is 0 Å². The third-order valence-electron chi connectivity index (χ3n) is 3.40. The zero-order valence-corrected chi connectivity index (χ0v) is 13.4. The predicted molar refractivity (Wildman–Crippen MR) is 79.4 cm³/mol. The van der Waals surface area contributed by atoms with Crippen LogP contribution in [-0.2, 0) is 19.9 Å². The quantitative estimate of drug-likeness (QED) is 0.756. The first-order valence-corrected chi connectivity index (χ1v) is 9.55. The molecule has 1 atom stereocenters. The molecule has 1 heterocycles. The number of hydrogen-bond acceptors (Lipinski definition) is 6. The summed E-state index contributed by atoms with van der Waals surface area (Å²) < 4.78 is 55.2. The first kappa shape index (κ1) is 16.1. The van der Waals surface area contributed by atoms with Crippen LogP contribution in [0.3, 0.4) is 0 Å². The maximum atomic E-state index is 12.4. The zero-order valence-electron chi connectivity index (χ0n) is 11.8. The van der Waals surface area contributed by atoms with Gasteiger partial charge in [-0.05, 0) is 31.5 Å². The molecule has 21 heavy (non-hydrogen) atoms. The standard InChI is InChI=1S/C12H18N2O5S2/c1-12(5-6-20(15,16)8-12)14-21(17,18)9-3-4-11(19-2)10(13)7-9/h3-4,7,14H,5-6,8,13H2,1-2H3. The van der Waals surface area contributed by atoms with Crippen LogP contribution in [0.4, 0.5) is 5.69 Å². The molecule has 0 bridgehead atoms. The third-order valence-corrected chi connectivity index (χ3v) is 6.93. The second-order valence-corrected chi connectivity index (χ2v) is 9.28. The number of nitrogens with one attached hydrogen (secondary N) is 1. The molecule has 0 spiro atoms. The minimum absolute atomic E-state index is 0.0171. The van der Waals surface area contributed by atoms with Gasteiger partial charge >= 0.3 is 0 Å². The number of hydrogen-bond donors (Lipinski definition) is 2. The SMILES string of the molecule is COc1ccc(S(=O)(=O)NC2(C)CCS(=O)(=O)C2)cc1N. The summed E-state index contributed by atoms with van der Waals surface area (Å²) in [5.74, 6) is 0.158. The van der Waals surface area contributed by atoms with Gasteiger partial charge in [0.05, 0.1) is 29.2 Å². The Morgan fingerprint density at radius 2 is 2.05 bits per heavy atom. The van der Waals surface area contributed by atoms with Crippen LogP contribution < -0.4 is 15.2 Å². The number of rotatable bonds is 4. The molecule has 1 fully saturated rings. The maximum absolute atomic E-state index is 12.4. The van der Waals surface area contributed by atoms with E-state index in [1.54, 1.807) is 6.92 Å². The molecule has 0 aromatic heterocycles. The molecule has 1 aromatic carbocycles. The second kappa shape index (κ2) is 5.15. The van der Waals surface area contributed by atoms with E-state index in [0.717, 1.165) is 0 Å². The second-order valence-electron chi connectivity index (χ2n) is 5.41. The summed E-state index contributed by atoms with van der Waals surface area (Å²) in [4.78, 5) is -0.0219. The monoisotopic (exact) mass is 334 g/mol. The molecular weight excluding hydrogens is 316 g/mol. The van der Waals surface area contributed by atoms with Gasteiger partial charge in [-0.15, -0.1) is 0 Å². The lowest BCUT2D eigenvalue weighted by atomic mass is 10.0. The molecule has 0 radical (unpaired) electrons. The van der Waals surface area contributed by atoms with Crippen LogP contribution in [0.5, 0.6) is 5.75 Å². The van der Waals surface area contributed by atoms with E-state index in [-0.39, 0.29) is 28.5 Å². The minimum atomic E-state index is -3.85. The van der Waals surface area contributed by atoms with Gasteiger partial charge < -0.3 is 10.5 Å². The Hall–Kier alpha value is -1.32. The Bertz CT molecular complexity index is 758. The van der Waals surface area contributed by atoms with Gasteiger partial charge in [0.2, 0.25) is 10.0 Å². The molecule has 3 N–H and O–H groups in total. The van der Waals surface area contributed by atoms with E-state index < -0.39 is 25.4 Å². The Labute approximate surface area is 124 Å². The number of methoxy groups -OCH3 is 1. The molecule has 1 unspecified atom stereocenters. The van der Waals surface area contributed by atoms with Crippen molar-refractivity contribution in [1.82, 2.24) is 4.72 Å². The van der Waals surface area contributed by atoms with Crippen molar-refractivity contribution in [3.8, 4) is 5.75 Å². The van der Waals surface area contributed by atoms with Crippen LogP contribution >= 0.6 is 0 Å². The van der Waals surface area contributed by atoms with Gasteiger partial charge in [-0.2, -0.15) is 0 Å². The highest BCUT2D eigenvalue weighted by Crippen LogP contribution is 2.28. The van der Waals surface area contributed by atoms with Crippen LogP contribution in [0.15, 0.2) is 23.1 Å². The Morgan fingerprint density at radius 3 is 2.52 bits per heavy atom. The van der Waals surface area contributed by atoms with Crippen LogP contribution in [0.25, 0.3) is 0 Å². The summed E-state index contributed by atoms with van der Waals surface area (Å²) in [5.41, 5.74) is 4.90. The number of nitrogen functional groups attached to an aromatic ring is 1. The Kier molecular flexibility index (Phi) is 3.94. The van der Waals surface area contributed by atoms with Gasteiger partial charge in [0.1, 0.15) is 5.75 Å². The first-order valence-electron chi connectivity index (χ1n) is 6.25. The largest absolute Gasteiger partial charge is 0.495 e. The Balaban J connectivity index is 2.29. The van der Waals surface area contributed by atoms with Crippen LogP contribution in [0, 0.1) is 0 Å². The molecule has 1 saturated heterocycles. The highest BCUT2D eigenvalue weighted by atomic mass is 32.2. The fourth-order valence-electron chi connectivity index (χ4n) is 2.35. The van der Waals surface area contributed by atoms with Crippen LogP contribution in [0.2, 0.25) is 0 Å². The molecule has 0 saturated carbocycles.